The quantitative estimate of drug-likeness (QED) is 0.818. The second kappa shape index (κ2) is 5.25. The molecule has 0 saturated carbocycles. The fourth-order valence-corrected chi connectivity index (χ4v) is 2.46. The summed E-state index contributed by atoms with van der Waals surface area (Å²) in [5.74, 6) is 0. The summed E-state index contributed by atoms with van der Waals surface area (Å²) in [5, 5.41) is 4.44. The molecule has 0 N–H and O–H groups in total. The van der Waals surface area contributed by atoms with Gasteiger partial charge in [0.2, 0.25) is 0 Å². The lowest BCUT2D eigenvalue weighted by atomic mass is 9.82. The Balaban J connectivity index is 1.82. The maximum absolute atomic E-state index is 6.06. The lowest BCUT2D eigenvalue weighted by Crippen LogP contribution is -2.41. The van der Waals surface area contributed by atoms with Crippen LogP contribution in [0, 0.1) is 0 Å². The van der Waals surface area contributed by atoms with Gasteiger partial charge in [-0.05, 0) is 51.8 Å². The van der Waals surface area contributed by atoms with Crippen molar-refractivity contribution < 1.29 is 9.31 Å². The summed E-state index contributed by atoms with van der Waals surface area (Å²) >= 11 is 0. The van der Waals surface area contributed by atoms with Gasteiger partial charge in [0.1, 0.15) is 0 Å². The van der Waals surface area contributed by atoms with Crippen LogP contribution in [-0.4, -0.2) is 28.1 Å². The van der Waals surface area contributed by atoms with Gasteiger partial charge in [0.15, 0.2) is 0 Å². The summed E-state index contributed by atoms with van der Waals surface area (Å²) in [7, 11) is -0.367. The standard InChI is InChI=1S/C17H23BN2O2/c1-6-13-7-9-15(10-8-13)20-12-14(11-19-20)18-21-16(2,3)17(4,5)22-18/h7-12H,6H2,1-5H3. The first-order valence-corrected chi connectivity index (χ1v) is 7.82. The van der Waals surface area contributed by atoms with Gasteiger partial charge in [-0.3, -0.25) is 0 Å². The molecule has 0 unspecified atom stereocenters. The van der Waals surface area contributed by atoms with Crippen LogP contribution in [0.3, 0.4) is 0 Å². The molecule has 2 aromatic rings. The molecule has 1 aliphatic rings. The molecule has 0 atom stereocenters. The van der Waals surface area contributed by atoms with Crippen LogP contribution in [0.25, 0.3) is 5.69 Å². The van der Waals surface area contributed by atoms with E-state index in [-0.39, 0.29) is 18.3 Å². The average Bonchev–Trinajstić information content (AvgIpc) is 3.03. The zero-order chi connectivity index (χ0) is 16.0. The molecule has 0 amide bonds. The summed E-state index contributed by atoms with van der Waals surface area (Å²) < 4.78 is 14.0. The Kier molecular flexibility index (Phi) is 3.65. The SMILES string of the molecule is CCc1ccc(-n2cc(B3OC(C)(C)C(C)(C)O3)cn2)cc1. The third-order valence-electron chi connectivity index (χ3n) is 4.74. The Hall–Kier alpha value is -1.59. The smallest absolute Gasteiger partial charge is 0.399 e. The number of aryl methyl sites for hydroxylation is 1. The van der Waals surface area contributed by atoms with E-state index in [1.807, 2.05) is 17.1 Å². The van der Waals surface area contributed by atoms with Crippen LogP contribution in [-0.2, 0) is 15.7 Å². The molecule has 0 aliphatic carbocycles. The van der Waals surface area contributed by atoms with E-state index in [2.05, 4.69) is 64.0 Å². The second-order valence-corrected chi connectivity index (χ2v) is 6.83. The van der Waals surface area contributed by atoms with Crippen molar-refractivity contribution in [3.05, 3.63) is 42.2 Å². The maximum Gasteiger partial charge on any atom is 0.498 e. The molecule has 1 aliphatic heterocycles. The van der Waals surface area contributed by atoms with Crippen molar-refractivity contribution in [3.8, 4) is 5.69 Å². The van der Waals surface area contributed by atoms with E-state index in [0.717, 1.165) is 17.6 Å². The monoisotopic (exact) mass is 298 g/mol. The molecular formula is C17H23BN2O2. The Bertz CT molecular complexity index is 646. The minimum atomic E-state index is -0.367. The van der Waals surface area contributed by atoms with Gasteiger partial charge in [-0.1, -0.05) is 19.1 Å². The zero-order valence-electron chi connectivity index (χ0n) is 14.0. The first-order valence-electron chi connectivity index (χ1n) is 7.82. The van der Waals surface area contributed by atoms with Gasteiger partial charge in [-0.15, -0.1) is 0 Å². The summed E-state index contributed by atoms with van der Waals surface area (Å²) in [4.78, 5) is 0. The minimum Gasteiger partial charge on any atom is -0.399 e. The molecule has 1 saturated heterocycles. The van der Waals surface area contributed by atoms with Crippen molar-refractivity contribution in [1.29, 1.82) is 0 Å². The van der Waals surface area contributed by atoms with E-state index in [0.29, 0.717) is 0 Å². The summed E-state index contributed by atoms with van der Waals surface area (Å²) in [6.45, 7) is 10.4. The Morgan fingerprint density at radius 2 is 1.64 bits per heavy atom. The predicted octanol–water partition coefficient (Wildman–Crippen LogP) is 2.73. The topological polar surface area (TPSA) is 36.3 Å². The molecule has 0 radical (unpaired) electrons. The number of aromatic nitrogens is 2. The van der Waals surface area contributed by atoms with Gasteiger partial charge in [0.05, 0.1) is 16.9 Å². The van der Waals surface area contributed by atoms with Crippen LogP contribution < -0.4 is 5.46 Å². The lowest BCUT2D eigenvalue weighted by molar-refractivity contribution is 0.00578. The number of hydrogen-bond donors (Lipinski definition) is 0. The zero-order valence-corrected chi connectivity index (χ0v) is 14.0. The number of rotatable bonds is 3. The lowest BCUT2D eigenvalue weighted by Gasteiger charge is -2.32. The number of benzene rings is 1. The van der Waals surface area contributed by atoms with Gasteiger partial charge >= 0.3 is 7.12 Å². The van der Waals surface area contributed by atoms with Crippen molar-refractivity contribution in [1.82, 2.24) is 9.78 Å². The minimum absolute atomic E-state index is 0.331. The van der Waals surface area contributed by atoms with E-state index >= 15 is 0 Å². The molecule has 0 spiro atoms. The van der Waals surface area contributed by atoms with Crippen molar-refractivity contribution in [2.75, 3.05) is 0 Å². The van der Waals surface area contributed by atoms with Crippen LogP contribution in [0.2, 0.25) is 0 Å². The molecule has 1 fully saturated rings. The molecule has 5 heteroatoms. The summed E-state index contributed by atoms with van der Waals surface area (Å²) in [6.07, 6.45) is 4.83. The van der Waals surface area contributed by atoms with Crippen LogP contribution in [0.4, 0.5) is 0 Å². The first-order chi connectivity index (χ1) is 10.3. The fourth-order valence-electron chi connectivity index (χ4n) is 2.46. The van der Waals surface area contributed by atoms with Crippen LogP contribution in [0.5, 0.6) is 0 Å². The molecule has 1 aromatic heterocycles. The van der Waals surface area contributed by atoms with Crippen LogP contribution in [0.1, 0.15) is 40.2 Å². The molecule has 22 heavy (non-hydrogen) atoms. The Labute approximate surface area is 132 Å². The molecular weight excluding hydrogens is 275 g/mol. The van der Waals surface area contributed by atoms with E-state index in [1.54, 1.807) is 0 Å². The van der Waals surface area contributed by atoms with E-state index in [1.165, 1.54) is 5.56 Å². The predicted molar refractivity (Wildman–Crippen MR) is 88.7 cm³/mol. The van der Waals surface area contributed by atoms with Crippen LogP contribution in [0.15, 0.2) is 36.7 Å². The van der Waals surface area contributed by atoms with Crippen molar-refractivity contribution in [3.63, 3.8) is 0 Å². The third kappa shape index (κ3) is 2.59. The number of hydrogen-bond acceptors (Lipinski definition) is 3. The fraction of sp³-hybridized carbons (Fsp3) is 0.471. The molecule has 4 nitrogen and oxygen atoms in total. The summed E-state index contributed by atoms with van der Waals surface area (Å²) in [5.41, 5.74) is 2.64. The largest absolute Gasteiger partial charge is 0.498 e. The first kappa shape index (κ1) is 15.3. The van der Waals surface area contributed by atoms with Gasteiger partial charge in [-0.25, -0.2) is 4.68 Å². The molecule has 0 bridgehead atoms. The van der Waals surface area contributed by atoms with Gasteiger partial charge in [-0.2, -0.15) is 5.10 Å². The van der Waals surface area contributed by atoms with E-state index in [4.69, 9.17) is 9.31 Å². The van der Waals surface area contributed by atoms with Gasteiger partial charge in [0, 0.05) is 17.9 Å². The normalized spacial score (nSPS) is 19.6. The molecule has 3 rings (SSSR count). The molecule has 1 aromatic carbocycles. The molecule has 116 valence electrons. The molecule has 2 heterocycles. The Morgan fingerprint density at radius 1 is 1.05 bits per heavy atom. The second-order valence-electron chi connectivity index (χ2n) is 6.83. The average molecular weight is 298 g/mol. The van der Waals surface area contributed by atoms with E-state index < -0.39 is 0 Å². The highest BCUT2D eigenvalue weighted by atomic mass is 16.7. The van der Waals surface area contributed by atoms with E-state index in [9.17, 15) is 0 Å². The number of nitrogens with zero attached hydrogens (tertiary/aromatic N) is 2. The van der Waals surface area contributed by atoms with Crippen molar-refractivity contribution in [2.45, 2.75) is 52.2 Å². The van der Waals surface area contributed by atoms with Crippen LogP contribution >= 0.6 is 0 Å². The summed E-state index contributed by atoms with van der Waals surface area (Å²) in [6, 6.07) is 8.43. The van der Waals surface area contributed by atoms with Gasteiger partial charge < -0.3 is 9.31 Å². The highest BCUT2D eigenvalue weighted by molar-refractivity contribution is 6.62. The highest BCUT2D eigenvalue weighted by Gasteiger charge is 2.52. The van der Waals surface area contributed by atoms with Gasteiger partial charge in [0.25, 0.3) is 0 Å². The Morgan fingerprint density at radius 3 is 2.18 bits per heavy atom. The maximum atomic E-state index is 6.06. The highest BCUT2D eigenvalue weighted by Crippen LogP contribution is 2.36. The van der Waals surface area contributed by atoms with Crippen molar-refractivity contribution >= 4 is 12.6 Å². The van der Waals surface area contributed by atoms with Crippen molar-refractivity contribution in [2.24, 2.45) is 0 Å². The third-order valence-corrected chi connectivity index (χ3v) is 4.74.